The van der Waals surface area contributed by atoms with Crippen LogP contribution in [0.25, 0.3) is 0 Å². The summed E-state index contributed by atoms with van der Waals surface area (Å²) in [6.45, 7) is 0. The van der Waals surface area contributed by atoms with Crippen molar-refractivity contribution in [2.75, 3.05) is 0 Å². The predicted molar refractivity (Wildman–Crippen MR) is 63.9 cm³/mol. The topological polar surface area (TPSA) is 0 Å². The maximum atomic E-state index is 13.4. The van der Waals surface area contributed by atoms with Crippen LogP contribution >= 0.6 is 22.6 Å². The number of alkyl halides is 18. The third-order valence-electron chi connectivity index (χ3n) is 2.92. The lowest BCUT2D eigenvalue weighted by Crippen LogP contribution is -2.70. The summed E-state index contributed by atoms with van der Waals surface area (Å²) in [5.41, 5.74) is 0. The second-order valence-corrected chi connectivity index (χ2v) is 6.14. The molecule has 0 aromatic heterocycles. The Morgan fingerprint density at radius 1 is 0.448 bits per heavy atom. The molecule has 0 saturated heterocycles. The summed E-state index contributed by atoms with van der Waals surface area (Å²) in [5.74, 6) is -46.3. The minimum Gasteiger partial charge on any atom is -0.194 e. The molecule has 0 saturated carbocycles. The molecule has 19 heteroatoms. The molecule has 0 fully saturated rings. The van der Waals surface area contributed by atoms with Crippen LogP contribution in [-0.2, 0) is 0 Å². The van der Waals surface area contributed by atoms with Crippen molar-refractivity contribution in [1.29, 1.82) is 0 Å². The minimum atomic E-state index is -8.31. The van der Waals surface area contributed by atoms with E-state index in [-0.39, 0.29) is 0 Å². The van der Waals surface area contributed by atoms with Gasteiger partial charge in [-0.15, -0.1) is 0 Å². The highest BCUT2D eigenvalue weighted by atomic mass is 127. The van der Waals surface area contributed by atoms with Crippen molar-refractivity contribution in [3.63, 3.8) is 0 Å². The Kier molecular flexibility index (Phi) is 6.93. The number of hydrogen-bond donors (Lipinski definition) is 0. The fourth-order valence-corrected chi connectivity index (χ4v) is 1.98. The zero-order chi connectivity index (χ0) is 24.3. The molecular formula is C10HF18I. The Balaban J connectivity index is 6.59. The molecule has 0 radical (unpaired) electrons. The summed E-state index contributed by atoms with van der Waals surface area (Å²) in [6, 6.07) is 0. The Morgan fingerprint density at radius 3 is 1.03 bits per heavy atom. The van der Waals surface area contributed by atoms with E-state index in [9.17, 15) is 79.0 Å². The highest BCUT2D eigenvalue weighted by Gasteiger charge is 2.91. The van der Waals surface area contributed by atoms with Crippen molar-refractivity contribution >= 4 is 22.6 Å². The van der Waals surface area contributed by atoms with Gasteiger partial charge in [0.15, 0.2) is 0 Å². The molecular weight excluding hydrogens is 589 g/mol. The molecule has 0 aromatic rings. The Labute approximate surface area is 160 Å². The number of halogens is 19. The van der Waals surface area contributed by atoms with Crippen LogP contribution in [0.3, 0.4) is 0 Å². The fraction of sp³-hybridized carbons (Fsp3) is 0.800. The summed E-state index contributed by atoms with van der Waals surface area (Å²) in [4.78, 5) is 0. The van der Waals surface area contributed by atoms with Gasteiger partial charge in [-0.3, -0.25) is 0 Å². The molecule has 0 spiro atoms. The van der Waals surface area contributed by atoms with Gasteiger partial charge in [0.2, 0.25) is 0 Å². The van der Waals surface area contributed by atoms with Crippen molar-refractivity contribution in [3.05, 3.63) is 9.66 Å². The molecule has 0 rings (SSSR count). The van der Waals surface area contributed by atoms with Gasteiger partial charge in [-0.1, -0.05) is 0 Å². The average molecular weight is 590 g/mol. The van der Waals surface area contributed by atoms with Crippen LogP contribution in [0.5, 0.6) is 0 Å². The van der Waals surface area contributed by atoms with E-state index in [4.69, 9.17) is 0 Å². The second-order valence-electron chi connectivity index (χ2n) is 4.98. The van der Waals surface area contributed by atoms with Crippen molar-refractivity contribution < 1.29 is 79.0 Å². The lowest BCUT2D eigenvalue weighted by molar-refractivity contribution is -0.436. The molecule has 0 atom stereocenters. The van der Waals surface area contributed by atoms with Crippen molar-refractivity contribution in [2.24, 2.45) is 0 Å². The lowest BCUT2D eigenvalue weighted by atomic mass is 9.93. The van der Waals surface area contributed by atoms with Crippen molar-refractivity contribution in [2.45, 2.75) is 47.9 Å². The molecule has 0 aliphatic heterocycles. The van der Waals surface area contributed by atoms with E-state index < -0.39 is 80.1 Å². The molecule has 0 amide bonds. The molecule has 0 aliphatic rings. The third kappa shape index (κ3) is 4.19. The number of allylic oxidation sites excluding steroid dienone is 2. The smallest absolute Gasteiger partial charge is 0.194 e. The Hall–Kier alpha value is -0.790. The maximum Gasteiger partial charge on any atom is 0.460 e. The van der Waals surface area contributed by atoms with Crippen LogP contribution in [0.15, 0.2) is 9.66 Å². The van der Waals surface area contributed by atoms with Gasteiger partial charge in [-0.2, -0.15) is 79.0 Å². The van der Waals surface area contributed by atoms with E-state index in [0.29, 0.717) is 0 Å². The van der Waals surface area contributed by atoms with E-state index in [1.54, 1.807) is 0 Å². The number of rotatable bonds is 6. The quantitative estimate of drug-likeness (QED) is 0.226. The first-order valence-corrected chi connectivity index (χ1v) is 7.00. The summed E-state index contributed by atoms with van der Waals surface area (Å²) < 4.78 is 223. The highest BCUT2D eigenvalue weighted by Crippen LogP contribution is 2.62. The van der Waals surface area contributed by atoms with Crippen molar-refractivity contribution in [3.8, 4) is 0 Å². The third-order valence-corrected chi connectivity index (χ3v) is 3.91. The van der Waals surface area contributed by atoms with Gasteiger partial charge in [0.1, 0.15) is 0 Å². The Bertz CT molecular complexity index is 634. The van der Waals surface area contributed by atoms with Gasteiger partial charge in [-0.05, 0) is 22.6 Å². The number of hydrogen-bond acceptors (Lipinski definition) is 0. The average Bonchev–Trinajstić information content (AvgIpc) is 2.43. The first-order chi connectivity index (χ1) is 12.1. The van der Waals surface area contributed by atoms with Crippen molar-refractivity contribution in [1.82, 2.24) is 0 Å². The summed E-state index contributed by atoms with van der Waals surface area (Å²) >= 11 is -0.557. The van der Waals surface area contributed by atoms with Gasteiger partial charge in [0.25, 0.3) is 0 Å². The molecule has 0 aliphatic carbocycles. The standard InChI is InChI=1S/C10HF18I/c11-3(12,9(23,24)25)1-2(29)4(13,14)5(15,16)6(17,18)7(19,20)8(21,22)10(26,27)28/h1H/b2-1-. The molecule has 0 unspecified atom stereocenters. The zero-order valence-corrected chi connectivity index (χ0v) is 14.4. The minimum absolute atomic E-state index is 0.557. The summed E-state index contributed by atoms with van der Waals surface area (Å²) in [6.07, 6.45) is -16.6. The van der Waals surface area contributed by atoms with E-state index in [2.05, 4.69) is 0 Å². The van der Waals surface area contributed by atoms with E-state index in [0.717, 1.165) is 0 Å². The predicted octanol–water partition coefficient (Wildman–Crippen LogP) is 7.24. The first kappa shape index (κ1) is 28.2. The normalized spacial score (nSPS) is 17.0. The zero-order valence-electron chi connectivity index (χ0n) is 12.3. The molecule has 29 heavy (non-hydrogen) atoms. The van der Waals surface area contributed by atoms with Gasteiger partial charge in [0, 0.05) is 6.08 Å². The molecule has 0 nitrogen and oxygen atoms in total. The molecule has 0 bridgehead atoms. The second kappa shape index (κ2) is 7.13. The largest absolute Gasteiger partial charge is 0.460 e. The summed E-state index contributed by atoms with van der Waals surface area (Å²) in [5, 5.41) is 0. The van der Waals surface area contributed by atoms with E-state index in [1.165, 1.54) is 0 Å². The fourth-order valence-electron chi connectivity index (χ4n) is 1.25. The van der Waals surface area contributed by atoms with Gasteiger partial charge in [-0.25, -0.2) is 0 Å². The van der Waals surface area contributed by atoms with Gasteiger partial charge in [0.05, 0.1) is 3.58 Å². The monoisotopic (exact) mass is 590 g/mol. The maximum absolute atomic E-state index is 13.4. The Morgan fingerprint density at radius 2 is 0.759 bits per heavy atom. The highest BCUT2D eigenvalue weighted by molar-refractivity contribution is 14.1. The summed E-state index contributed by atoms with van der Waals surface area (Å²) in [7, 11) is 0. The first-order valence-electron chi connectivity index (χ1n) is 5.92. The van der Waals surface area contributed by atoms with Crippen LogP contribution in [-0.4, -0.2) is 47.9 Å². The van der Waals surface area contributed by atoms with Crippen LogP contribution in [0.1, 0.15) is 0 Å². The molecule has 0 heterocycles. The van der Waals surface area contributed by atoms with Crippen LogP contribution in [0.2, 0.25) is 0 Å². The van der Waals surface area contributed by atoms with Gasteiger partial charge >= 0.3 is 47.9 Å². The van der Waals surface area contributed by atoms with Crippen LogP contribution in [0.4, 0.5) is 79.0 Å². The van der Waals surface area contributed by atoms with E-state index in [1.807, 2.05) is 0 Å². The molecule has 0 N–H and O–H groups in total. The SMILES string of the molecule is FC(F)(F)C(F)(F)/C=C(\I)C(F)(F)C(F)(F)C(F)(F)C(F)(F)C(F)(F)C(F)(F)F. The molecule has 0 aromatic carbocycles. The van der Waals surface area contributed by atoms with E-state index >= 15 is 0 Å². The van der Waals surface area contributed by atoms with Gasteiger partial charge < -0.3 is 0 Å². The lowest BCUT2D eigenvalue weighted by Gasteiger charge is -2.39. The molecule has 174 valence electrons. The van der Waals surface area contributed by atoms with Crippen LogP contribution in [0, 0.1) is 0 Å². The van der Waals surface area contributed by atoms with Crippen LogP contribution < -0.4 is 0 Å².